The van der Waals surface area contributed by atoms with Gasteiger partial charge in [0.15, 0.2) is 0 Å². The minimum atomic E-state index is -0.409. The Morgan fingerprint density at radius 1 is 1.18 bits per heavy atom. The van der Waals surface area contributed by atoms with E-state index in [0.717, 1.165) is 5.56 Å². The van der Waals surface area contributed by atoms with Crippen LogP contribution in [0.4, 0.5) is 0 Å². The third-order valence-corrected chi connectivity index (χ3v) is 2.75. The molecule has 0 saturated heterocycles. The zero-order valence-corrected chi connectivity index (χ0v) is 10.9. The molecule has 0 bridgehead atoms. The van der Waals surface area contributed by atoms with Gasteiger partial charge < -0.3 is 15.2 Å². The molecule has 0 aliphatic heterocycles. The zero-order valence-electron chi connectivity index (χ0n) is 10.9. The summed E-state index contributed by atoms with van der Waals surface area (Å²) in [6.07, 6.45) is 0.298. The van der Waals surface area contributed by atoms with Crippen LogP contribution in [0.1, 0.15) is 31.9 Å². The van der Waals surface area contributed by atoms with E-state index in [0.29, 0.717) is 19.1 Å². The SMILES string of the molecule is COCC(C)NC(C)CC(O)c1ccccc1. The van der Waals surface area contributed by atoms with Gasteiger partial charge in [-0.25, -0.2) is 0 Å². The van der Waals surface area contributed by atoms with E-state index in [1.54, 1.807) is 7.11 Å². The van der Waals surface area contributed by atoms with Gasteiger partial charge in [0.25, 0.3) is 0 Å². The van der Waals surface area contributed by atoms with Crippen molar-refractivity contribution in [2.24, 2.45) is 0 Å². The van der Waals surface area contributed by atoms with Crippen molar-refractivity contribution >= 4 is 0 Å². The maximum Gasteiger partial charge on any atom is 0.0804 e. The minimum absolute atomic E-state index is 0.260. The van der Waals surface area contributed by atoms with E-state index in [4.69, 9.17) is 4.74 Å². The maximum absolute atomic E-state index is 10.1. The second-order valence-corrected chi connectivity index (χ2v) is 4.59. The average molecular weight is 237 g/mol. The quantitative estimate of drug-likeness (QED) is 0.763. The standard InChI is InChI=1S/C14H23NO2/c1-11(15-12(2)10-17-3)9-14(16)13-7-5-4-6-8-13/h4-8,11-12,14-16H,9-10H2,1-3H3. The Morgan fingerprint density at radius 2 is 1.82 bits per heavy atom. The number of aliphatic hydroxyl groups excluding tert-OH is 1. The van der Waals surface area contributed by atoms with Crippen molar-refractivity contribution < 1.29 is 9.84 Å². The van der Waals surface area contributed by atoms with Gasteiger partial charge in [0.05, 0.1) is 12.7 Å². The van der Waals surface area contributed by atoms with Gasteiger partial charge >= 0.3 is 0 Å². The molecule has 0 heterocycles. The molecule has 3 nitrogen and oxygen atoms in total. The van der Waals surface area contributed by atoms with Crippen molar-refractivity contribution in [2.45, 2.75) is 38.5 Å². The fraction of sp³-hybridized carbons (Fsp3) is 0.571. The number of hydrogen-bond acceptors (Lipinski definition) is 3. The highest BCUT2D eigenvalue weighted by molar-refractivity contribution is 5.17. The largest absolute Gasteiger partial charge is 0.388 e. The van der Waals surface area contributed by atoms with Crippen LogP contribution in [0.2, 0.25) is 0 Å². The lowest BCUT2D eigenvalue weighted by molar-refractivity contribution is 0.137. The topological polar surface area (TPSA) is 41.5 Å². The molecule has 3 unspecified atom stereocenters. The molecule has 0 saturated carbocycles. The molecule has 17 heavy (non-hydrogen) atoms. The number of methoxy groups -OCH3 is 1. The van der Waals surface area contributed by atoms with Crippen molar-refractivity contribution in [3.8, 4) is 0 Å². The number of nitrogens with one attached hydrogen (secondary N) is 1. The second-order valence-electron chi connectivity index (χ2n) is 4.59. The van der Waals surface area contributed by atoms with Gasteiger partial charge in [-0.15, -0.1) is 0 Å². The summed E-state index contributed by atoms with van der Waals surface area (Å²) in [7, 11) is 1.70. The number of rotatable bonds is 7. The fourth-order valence-electron chi connectivity index (χ4n) is 2.00. The van der Waals surface area contributed by atoms with Crippen molar-refractivity contribution in [3.63, 3.8) is 0 Å². The minimum Gasteiger partial charge on any atom is -0.388 e. The van der Waals surface area contributed by atoms with Crippen LogP contribution < -0.4 is 5.32 Å². The lowest BCUT2D eigenvalue weighted by atomic mass is 10.0. The summed E-state index contributed by atoms with van der Waals surface area (Å²) >= 11 is 0. The summed E-state index contributed by atoms with van der Waals surface area (Å²) in [6.45, 7) is 4.85. The Hall–Kier alpha value is -0.900. The number of aliphatic hydroxyl groups is 1. The summed E-state index contributed by atoms with van der Waals surface area (Å²) in [4.78, 5) is 0. The first kappa shape index (κ1) is 14.2. The number of benzene rings is 1. The lowest BCUT2D eigenvalue weighted by Crippen LogP contribution is -2.38. The van der Waals surface area contributed by atoms with Gasteiger partial charge in [-0.05, 0) is 25.8 Å². The van der Waals surface area contributed by atoms with Gasteiger partial charge in [0.2, 0.25) is 0 Å². The highest BCUT2D eigenvalue weighted by Crippen LogP contribution is 2.17. The predicted octanol–water partition coefficient (Wildman–Crippen LogP) is 2.12. The van der Waals surface area contributed by atoms with Gasteiger partial charge in [0, 0.05) is 19.2 Å². The van der Waals surface area contributed by atoms with Crippen molar-refractivity contribution in [1.29, 1.82) is 0 Å². The molecular weight excluding hydrogens is 214 g/mol. The second kappa shape index (κ2) is 7.43. The Labute approximate surface area is 104 Å². The molecule has 0 aromatic heterocycles. The maximum atomic E-state index is 10.1. The van der Waals surface area contributed by atoms with E-state index >= 15 is 0 Å². The highest BCUT2D eigenvalue weighted by Gasteiger charge is 2.13. The third-order valence-electron chi connectivity index (χ3n) is 2.75. The van der Waals surface area contributed by atoms with Gasteiger partial charge in [-0.2, -0.15) is 0 Å². The highest BCUT2D eigenvalue weighted by atomic mass is 16.5. The Kier molecular flexibility index (Phi) is 6.19. The van der Waals surface area contributed by atoms with E-state index in [1.807, 2.05) is 30.3 Å². The van der Waals surface area contributed by atoms with Crippen LogP contribution >= 0.6 is 0 Å². The van der Waals surface area contributed by atoms with Crippen molar-refractivity contribution in [3.05, 3.63) is 35.9 Å². The molecule has 1 aromatic carbocycles. The molecule has 0 spiro atoms. The molecular formula is C14H23NO2. The molecule has 2 N–H and O–H groups in total. The Balaban J connectivity index is 2.38. The average Bonchev–Trinajstić information content (AvgIpc) is 2.30. The van der Waals surface area contributed by atoms with E-state index in [2.05, 4.69) is 19.2 Å². The van der Waals surface area contributed by atoms with Crippen LogP contribution in [0.3, 0.4) is 0 Å². The summed E-state index contributed by atoms with van der Waals surface area (Å²) < 4.78 is 5.07. The first-order valence-corrected chi connectivity index (χ1v) is 6.11. The van der Waals surface area contributed by atoms with Crippen LogP contribution in [0.5, 0.6) is 0 Å². The Morgan fingerprint density at radius 3 is 2.41 bits per heavy atom. The molecule has 0 amide bonds. The Bertz CT molecular complexity index is 302. The molecule has 1 aromatic rings. The van der Waals surface area contributed by atoms with Crippen LogP contribution in [-0.2, 0) is 4.74 Å². The molecule has 96 valence electrons. The zero-order chi connectivity index (χ0) is 12.7. The van der Waals surface area contributed by atoms with Gasteiger partial charge in [-0.1, -0.05) is 30.3 Å². The van der Waals surface area contributed by atoms with Crippen molar-refractivity contribution in [1.82, 2.24) is 5.32 Å². The first-order valence-electron chi connectivity index (χ1n) is 6.11. The van der Waals surface area contributed by atoms with Crippen LogP contribution in [0, 0.1) is 0 Å². The summed E-state index contributed by atoms with van der Waals surface area (Å²) in [6, 6.07) is 10.3. The third kappa shape index (κ3) is 5.31. The molecule has 1 rings (SSSR count). The van der Waals surface area contributed by atoms with Crippen LogP contribution in [0.15, 0.2) is 30.3 Å². The molecule has 0 aliphatic carbocycles. The summed E-state index contributed by atoms with van der Waals surface area (Å²) in [5.41, 5.74) is 0.973. The van der Waals surface area contributed by atoms with E-state index in [1.165, 1.54) is 0 Å². The molecule has 0 radical (unpaired) electrons. The molecule has 0 aliphatic rings. The summed E-state index contributed by atoms with van der Waals surface area (Å²) in [5, 5.41) is 13.5. The van der Waals surface area contributed by atoms with Crippen LogP contribution in [0.25, 0.3) is 0 Å². The van der Waals surface area contributed by atoms with E-state index in [9.17, 15) is 5.11 Å². The smallest absolute Gasteiger partial charge is 0.0804 e. The van der Waals surface area contributed by atoms with E-state index in [-0.39, 0.29) is 6.04 Å². The lowest BCUT2D eigenvalue weighted by Gasteiger charge is -2.22. The molecule has 0 fully saturated rings. The summed E-state index contributed by atoms with van der Waals surface area (Å²) in [5.74, 6) is 0. The monoisotopic (exact) mass is 237 g/mol. The van der Waals surface area contributed by atoms with Gasteiger partial charge in [0.1, 0.15) is 0 Å². The van der Waals surface area contributed by atoms with E-state index < -0.39 is 6.10 Å². The number of hydrogen-bond donors (Lipinski definition) is 2. The molecule has 3 atom stereocenters. The normalized spacial score (nSPS) is 16.5. The molecule has 3 heteroatoms. The van der Waals surface area contributed by atoms with Crippen LogP contribution in [-0.4, -0.2) is 30.9 Å². The predicted molar refractivity (Wildman–Crippen MR) is 70.0 cm³/mol. The van der Waals surface area contributed by atoms with Gasteiger partial charge in [-0.3, -0.25) is 0 Å². The van der Waals surface area contributed by atoms with Crippen molar-refractivity contribution in [2.75, 3.05) is 13.7 Å². The fourth-order valence-corrected chi connectivity index (χ4v) is 2.00. The number of ether oxygens (including phenoxy) is 1. The first-order chi connectivity index (χ1) is 8.13.